The molecule has 8 aromatic carbocycles. The van der Waals surface area contributed by atoms with Crippen LogP contribution in [-0.2, 0) is 30.8 Å². The summed E-state index contributed by atoms with van der Waals surface area (Å²) in [6.07, 6.45) is 4.20. The number of phenols is 1. The molecule has 0 fully saturated rings. The van der Waals surface area contributed by atoms with Gasteiger partial charge in [0.15, 0.2) is 0 Å². The summed E-state index contributed by atoms with van der Waals surface area (Å²) in [5, 5.41) is 9.81. The van der Waals surface area contributed by atoms with Crippen molar-refractivity contribution >= 4 is 5.97 Å². The van der Waals surface area contributed by atoms with Gasteiger partial charge >= 0.3 is 24.8 Å². The molecule has 0 aromatic heterocycles. The summed E-state index contributed by atoms with van der Waals surface area (Å²) in [5.41, 5.74) is 12.9. The zero-order valence-corrected chi connectivity index (χ0v) is 38.2. The number of aromatic hydroxyl groups is 1. The zero-order chi connectivity index (χ0) is 44.4. The van der Waals surface area contributed by atoms with Gasteiger partial charge in [0.2, 0.25) is 0 Å². The summed E-state index contributed by atoms with van der Waals surface area (Å²) < 4.78 is 17.5. The molecule has 0 amide bonds. The number of rotatable bonds is 11. The molecule has 0 spiro atoms. The number of carbonyl (C=O) groups is 1. The van der Waals surface area contributed by atoms with E-state index in [4.69, 9.17) is 14.2 Å². The van der Waals surface area contributed by atoms with E-state index < -0.39 is 0 Å². The molecule has 67 heavy (non-hydrogen) atoms. The molecule has 8 aromatic rings. The summed E-state index contributed by atoms with van der Waals surface area (Å²) in [4.78, 5) is 11.3. The van der Waals surface area contributed by atoms with E-state index in [0.29, 0.717) is 36.5 Å². The third kappa shape index (κ3) is 12.0. The monoisotopic (exact) mass is 878 g/mol. The molecule has 6 nitrogen and oxygen atoms in total. The summed E-state index contributed by atoms with van der Waals surface area (Å²) in [7, 11) is 0. The molecule has 4 atom stereocenters. The molecule has 2 aliphatic carbocycles. The minimum absolute atomic E-state index is 0. The van der Waals surface area contributed by atoms with Gasteiger partial charge in [-0.1, -0.05) is 158 Å². The van der Waals surface area contributed by atoms with Crippen LogP contribution in [0.1, 0.15) is 99.1 Å². The Kier molecular flexibility index (Phi) is 16.6. The number of ether oxygens (including phenoxy) is 3. The molecule has 7 heteroatoms. The van der Waals surface area contributed by atoms with E-state index in [-0.39, 0.29) is 42.1 Å². The Hall–Kier alpha value is -6.81. The van der Waals surface area contributed by atoms with Crippen molar-refractivity contribution in [3.8, 4) is 23.0 Å². The Morgan fingerprint density at radius 1 is 0.478 bits per heavy atom. The van der Waals surface area contributed by atoms with Crippen molar-refractivity contribution in [2.45, 2.75) is 69.5 Å². The Morgan fingerprint density at radius 2 is 0.851 bits per heavy atom. The van der Waals surface area contributed by atoms with Crippen molar-refractivity contribution in [1.29, 1.82) is 0 Å². The van der Waals surface area contributed by atoms with Gasteiger partial charge < -0.3 is 24.8 Å². The van der Waals surface area contributed by atoms with Gasteiger partial charge in [0, 0.05) is 18.8 Å². The quantitative estimate of drug-likeness (QED) is 0.0790. The van der Waals surface area contributed by atoms with Crippen LogP contribution < -0.4 is 33.1 Å². The largest absolute Gasteiger partial charge is 1.00 e. The van der Waals surface area contributed by atoms with Crippen LogP contribution in [0.15, 0.2) is 206 Å². The standard InChI is InChI=1S/C31H28O3.C29H26O2.Li.H2O/c1-22(32)34-27-15-12-25(13-16-27)31-29(24-10-6-3-7-11-24)18-14-26-20-28(17-19-30(26)31)33-21-23-8-4-2-5-9-23;30-25-14-11-23(12-15-25)29-27(22-9-5-2-6-10-22)17-13-24-19-26(16-18-28(24)29)31-20-21-7-3-1-4-8-21;;/h2-13,15-17,19-20,29,31H,14,18,21H2,1H3;1-12,14-16,18-19,27,29-30H,13,17,20H2;;1H2/q;;+1;/p-1/t29-,31+;27-,29+;;/m11../s1. The predicted molar refractivity (Wildman–Crippen MR) is 261 cm³/mol. The maximum absolute atomic E-state index is 11.3. The molecule has 0 saturated carbocycles. The van der Waals surface area contributed by atoms with Gasteiger partial charge in [0.05, 0.1) is 0 Å². The molecule has 332 valence electrons. The van der Waals surface area contributed by atoms with Crippen LogP contribution in [0.3, 0.4) is 0 Å². The van der Waals surface area contributed by atoms with Crippen molar-refractivity contribution in [3.63, 3.8) is 0 Å². The molecule has 0 unspecified atom stereocenters. The first-order chi connectivity index (χ1) is 31.9. The van der Waals surface area contributed by atoms with Crippen LogP contribution in [0.4, 0.5) is 0 Å². The first kappa shape index (κ1) is 48.1. The maximum Gasteiger partial charge on any atom is 1.00 e. The van der Waals surface area contributed by atoms with Gasteiger partial charge in [0.1, 0.15) is 36.2 Å². The summed E-state index contributed by atoms with van der Waals surface area (Å²) >= 11 is 0. The number of aryl methyl sites for hydroxylation is 2. The number of carbonyl (C=O) groups excluding carboxylic acids is 1. The third-order valence-electron chi connectivity index (χ3n) is 12.9. The Morgan fingerprint density at radius 3 is 1.25 bits per heavy atom. The molecular formula is C60H55LiO6. The number of hydrogen-bond donors (Lipinski definition) is 1. The molecule has 10 rings (SSSR count). The van der Waals surface area contributed by atoms with Crippen molar-refractivity contribution in [1.82, 2.24) is 0 Å². The number of benzene rings is 8. The second-order valence-electron chi connectivity index (χ2n) is 17.1. The minimum atomic E-state index is -0.305. The van der Waals surface area contributed by atoms with Crippen LogP contribution in [0, 0.1) is 0 Å². The van der Waals surface area contributed by atoms with Gasteiger partial charge in [-0.3, -0.25) is 4.79 Å². The number of fused-ring (bicyclic) bond motifs is 2. The normalized spacial score (nSPS) is 16.8. The summed E-state index contributed by atoms with van der Waals surface area (Å²) in [5.74, 6) is 3.68. The Labute approximate surface area is 406 Å². The molecule has 0 bridgehead atoms. The van der Waals surface area contributed by atoms with E-state index in [1.165, 1.54) is 57.0 Å². The van der Waals surface area contributed by atoms with E-state index in [2.05, 4.69) is 146 Å². The topological polar surface area (TPSA) is 95.0 Å². The van der Waals surface area contributed by atoms with Crippen LogP contribution in [0.5, 0.6) is 23.0 Å². The average Bonchev–Trinajstić information content (AvgIpc) is 3.36. The van der Waals surface area contributed by atoms with E-state index in [9.17, 15) is 9.90 Å². The van der Waals surface area contributed by atoms with Crippen LogP contribution >= 0.6 is 0 Å². The predicted octanol–water partition coefficient (Wildman–Crippen LogP) is 10.7. The fraction of sp³-hybridized carbons (Fsp3) is 0.183. The van der Waals surface area contributed by atoms with Crippen LogP contribution in [0.2, 0.25) is 0 Å². The van der Waals surface area contributed by atoms with Gasteiger partial charge in [-0.25, -0.2) is 0 Å². The van der Waals surface area contributed by atoms with E-state index >= 15 is 0 Å². The molecular weight excluding hydrogens is 824 g/mol. The summed E-state index contributed by atoms with van der Waals surface area (Å²) in [6.45, 7) is 2.56. The fourth-order valence-corrected chi connectivity index (χ4v) is 9.79. The molecule has 0 heterocycles. The second-order valence-corrected chi connectivity index (χ2v) is 17.1. The molecule has 0 radical (unpaired) electrons. The van der Waals surface area contributed by atoms with E-state index in [1.807, 2.05) is 48.5 Å². The second kappa shape index (κ2) is 23.1. The van der Waals surface area contributed by atoms with Gasteiger partial charge in [-0.2, -0.15) is 0 Å². The first-order valence-electron chi connectivity index (χ1n) is 22.7. The van der Waals surface area contributed by atoms with Crippen LogP contribution in [0.25, 0.3) is 0 Å². The zero-order valence-electron chi connectivity index (χ0n) is 38.2. The van der Waals surface area contributed by atoms with Gasteiger partial charge in [-0.15, -0.1) is 0 Å². The van der Waals surface area contributed by atoms with Crippen molar-refractivity contribution < 1.29 is 48.4 Å². The molecule has 2 aliphatic rings. The fourth-order valence-electron chi connectivity index (χ4n) is 9.79. The number of hydrogen-bond acceptors (Lipinski definition) is 6. The van der Waals surface area contributed by atoms with E-state index in [1.54, 1.807) is 12.1 Å². The molecule has 0 saturated heterocycles. The van der Waals surface area contributed by atoms with Gasteiger partial charge in [0.25, 0.3) is 0 Å². The van der Waals surface area contributed by atoms with Gasteiger partial charge in [-0.05, 0) is 142 Å². The average molecular weight is 879 g/mol. The maximum atomic E-state index is 11.3. The number of esters is 1. The van der Waals surface area contributed by atoms with Crippen LogP contribution in [-0.4, -0.2) is 16.6 Å². The SMILES string of the molecule is CC(=O)Oc1ccc([C@@H]2c3ccc(OCc4ccccc4)cc3CC[C@@H]2c2ccccc2)cc1.Oc1ccc([C@@H]2c3ccc(OCc4ccccc4)cc3CC[C@@H]2c2ccccc2)cc1.[Li+].[OH-]. The van der Waals surface area contributed by atoms with E-state index in [0.717, 1.165) is 42.7 Å². The molecule has 2 N–H and O–H groups in total. The Balaban J connectivity index is 0.000000194. The summed E-state index contributed by atoms with van der Waals surface area (Å²) in [6, 6.07) is 70.8. The minimum Gasteiger partial charge on any atom is -0.870 e. The smallest absolute Gasteiger partial charge is 0.870 e. The van der Waals surface area contributed by atoms with Crippen molar-refractivity contribution in [3.05, 3.63) is 262 Å². The third-order valence-corrected chi connectivity index (χ3v) is 12.9. The van der Waals surface area contributed by atoms with Crippen molar-refractivity contribution in [2.24, 2.45) is 0 Å². The number of phenolic OH excluding ortho intramolecular Hbond substituents is 1. The van der Waals surface area contributed by atoms with Crippen molar-refractivity contribution in [2.75, 3.05) is 0 Å². The molecule has 0 aliphatic heterocycles. The Bertz CT molecular complexity index is 2780. The first-order valence-corrected chi connectivity index (χ1v) is 22.7.